The molecule has 0 aliphatic heterocycles. The van der Waals surface area contributed by atoms with Crippen LogP contribution >= 0.6 is 0 Å². The van der Waals surface area contributed by atoms with Gasteiger partial charge in [0.1, 0.15) is 0 Å². The Morgan fingerprint density at radius 1 is 0.938 bits per heavy atom. The molecular weight excluding hydrogens is 196 g/mol. The lowest BCUT2D eigenvalue weighted by atomic mass is 10.3. The number of hydrogen-bond donors (Lipinski definition) is 1. The SMILES string of the molecule is CC.CC.CC.Cc1nccc2cc[nH]c12. The van der Waals surface area contributed by atoms with E-state index >= 15 is 0 Å². The summed E-state index contributed by atoms with van der Waals surface area (Å²) in [6, 6.07) is 4.04. The zero-order chi connectivity index (χ0) is 13.0. The first kappa shape index (κ1) is 17.1. The first-order valence-corrected chi connectivity index (χ1v) is 6.26. The van der Waals surface area contributed by atoms with Gasteiger partial charge in [-0.05, 0) is 19.1 Å². The smallest absolute Gasteiger partial charge is 0.0670 e. The first-order valence-electron chi connectivity index (χ1n) is 6.26. The van der Waals surface area contributed by atoms with E-state index in [1.807, 2.05) is 73.0 Å². The minimum Gasteiger partial charge on any atom is -0.360 e. The number of hydrogen-bond acceptors (Lipinski definition) is 1. The zero-order valence-corrected chi connectivity index (χ0v) is 11.8. The average Bonchev–Trinajstić information content (AvgIpc) is 2.87. The van der Waals surface area contributed by atoms with Crippen LogP contribution in [0, 0.1) is 6.92 Å². The predicted octanol–water partition coefficient (Wildman–Crippen LogP) is 4.95. The van der Waals surface area contributed by atoms with Gasteiger partial charge in [0.05, 0.1) is 11.2 Å². The third-order valence-corrected chi connectivity index (χ3v) is 1.66. The van der Waals surface area contributed by atoms with Gasteiger partial charge in [0.25, 0.3) is 0 Å². The Labute approximate surface area is 100 Å². The molecule has 0 bridgehead atoms. The van der Waals surface area contributed by atoms with Crippen LogP contribution in [-0.2, 0) is 0 Å². The van der Waals surface area contributed by atoms with Crippen LogP contribution in [0.3, 0.4) is 0 Å². The topological polar surface area (TPSA) is 28.7 Å². The van der Waals surface area contributed by atoms with Gasteiger partial charge < -0.3 is 4.98 Å². The number of pyridine rings is 1. The van der Waals surface area contributed by atoms with Gasteiger partial charge in [-0.15, -0.1) is 0 Å². The normalized spacial score (nSPS) is 7.69. The molecule has 0 radical (unpaired) electrons. The van der Waals surface area contributed by atoms with Crippen LogP contribution in [0.4, 0.5) is 0 Å². The van der Waals surface area contributed by atoms with E-state index in [2.05, 4.69) is 9.97 Å². The summed E-state index contributed by atoms with van der Waals surface area (Å²) in [5.74, 6) is 0. The molecule has 0 saturated heterocycles. The third kappa shape index (κ3) is 4.96. The second-order valence-electron chi connectivity index (χ2n) is 2.34. The van der Waals surface area contributed by atoms with Gasteiger partial charge in [-0.2, -0.15) is 0 Å². The molecule has 0 amide bonds. The predicted molar refractivity (Wildman–Crippen MR) is 74.9 cm³/mol. The van der Waals surface area contributed by atoms with E-state index in [-0.39, 0.29) is 0 Å². The minimum atomic E-state index is 1.06. The van der Waals surface area contributed by atoms with Gasteiger partial charge in [-0.1, -0.05) is 41.5 Å². The Morgan fingerprint density at radius 2 is 1.50 bits per heavy atom. The lowest BCUT2D eigenvalue weighted by Gasteiger charge is -1.91. The largest absolute Gasteiger partial charge is 0.360 e. The van der Waals surface area contributed by atoms with Crippen molar-refractivity contribution in [2.45, 2.75) is 48.5 Å². The number of nitrogens with zero attached hydrogens (tertiary/aromatic N) is 1. The van der Waals surface area contributed by atoms with Gasteiger partial charge in [0.15, 0.2) is 0 Å². The van der Waals surface area contributed by atoms with E-state index in [0.29, 0.717) is 0 Å². The highest BCUT2D eigenvalue weighted by Crippen LogP contribution is 2.12. The molecule has 92 valence electrons. The summed E-state index contributed by atoms with van der Waals surface area (Å²) in [5, 5.41) is 1.23. The monoisotopic (exact) mass is 222 g/mol. The molecule has 2 aromatic heterocycles. The average molecular weight is 222 g/mol. The van der Waals surface area contributed by atoms with Crippen molar-refractivity contribution in [3.63, 3.8) is 0 Å². The lowest BCUT2D eigenvalue weighted by molar-refractivity contribution is 1.22. The molecule has 16 heavy (non-hydrogen) atoms. The highest BCUT2D eigenvalue weighted by Gasteiger charge is 1.95. The molecule has 2 rings (SSSR count). The Bertz CT molecular complexity index is 350. The van der Waals surface area contributed by atoms with Crippen molar-refractivity contribution in [1.29, 1.82) is 0 Å². The maximum atomic E-state index is 4.15. The molecule has 0 spiro atoms. The molecule has 0 aliphatic carbocycles. The van der Waals surface area contributed by atoms with Crippen molar-refractivity contribution < 1.29 is 0 Å². The summed E-state index contributed by atoms with van der Waals surface area (Å²) in [7, 11) is 0. The van der Waals surface area contributed by atoms with Crippen LogP contribution < -0.4 is 0 Å². The molecule has 0 atom stereocenters. The number of H-pyrrole nitrogens is 1. The highest BCUT2D eigenvalue weighted by molar-refractivity contribution is 5.80. The van der Waals surface area contributed by atoms with Crippen LogP contribution in [-0.4, -0.2) is 9.97 Å². The minimum absolute atomic E-state index is 1.06. The number of aromatic nitrogens is 2. The van der Waals surface area contributed by atoms with E-state index in [4.69, 9.17) is 0 Å². The van der Waals surface area contributed by atoms with Gasteiger partial charge >= 0.3 is 0 Å². The quantitative estimate of drug-likeness (QED) is 0.671. The number of aromatic amines is 1. The summed E-state index contributed by atoms with van der Waals surface area (Å²) < 4.78 is 0. The third-order valence-electron chi connectivity index (χ3n) is 1.66. The van der Waals surface area contributed by atoms with Gasteiger partial charge in [-0.25, -0.2) is 0 Å². The molecular formula is C14H26N2. The molecule has 0 saturated carbocycles. The maximum Gasteiger partial charge on any atom is 0.0670 e. The molecule has 0 aromatic carbocycles. The van der Waals surface area contributed by atoms with Crippen LogP contribution in [0.25, 0.3) is 10.9 Å². The molecule has 2 aromatic rings. The van der Waals surface area contributed by atoms with Crippen LogP contribution in [0.2, 0.25) is 0 Å². The molecule has 0 aliphatic rings. The van der Waals surface area contributed by atoms with Crippen molar-refractivity contribution >= 4 is 10.9 Å². The highest BCUT2D eigenvalue weighted by atomic mass is 14.7. The van der Waals surface area contributed by atoms with Crippen molar-refractivity contribution in [2.75, 3.05) is 0 Å². The second-order valence-corrected chi connectivity index (χ2v) is 2.34. The Kier molecular flexibility index (Phi) is 12.6. The van der Waals surface area contributed by atoms with E-state index in [1.54, 1.807) is 0 Å². The van der Waals surface area contributed by atoms with E-state index < -0.39 is 0 Å². The molecule has 2 heteroatoms. The summed E-state index contributed by atoms with van der Waals surface area (Å²) >= 11 is 0. The van der Waals surface area contributed by atoms with E-state index in [1.165, 1.54) is 5.39 Å². The lowest BCUT2D eigenvalue weighted by Crippen LogP contribution is -1.79. The number of aryl methyl sites for hydroxylation is 1. The zero-order valence-electron chi connectivity index (χ0n) is 11.8. The molecule has 2 heterocycles. The van der Waals surface area contributed by atoms with Crippen LogP contribution in [0.5, 0.6) is 0 Å². The van der Waals surface area contributed by atoms with Crippen LogP contribution in [0.15, 0.2) is 24.5 Å². The van der Waals surface area contributed by atoms with E-state index in [9.17, 15) is 0 Å². The summed E-state index contributed by atoms with van der Waals surface area (Å²) in [4.78, 5) is 7.27. The van der Waals surface area contributed by atoms with Crippen molar-refractivity contribution in [3.8, 4) is 0 Å². The fourth-order valence-electron chi connectivity index (χ4n) is 1.13. The van der Waals surface area contributed by atoms with Gasteiger partial charge in [-0.3, -0.25) is 4.98 Å². The van der Waals surface area contributed by atoms with Crippen molar-refractivity contribution in [3.05, 3.63) is 30.2 Å². The van der Waals surface area contributed by atoms with Gasteiger partial charge in [0.2, 0.25) is 0 Å². The standard InChI is InChI=1S/C8H8N2.3C2H6/c1-6-8-7(2-4-9-6)3-5-10-8;3*1-2/h2-5,10H,1H3;3*1-2H3. The molecule has 0 unspecified atom stereocenters. The fraction of sp³-hybridized carbons (Fsp3) is 0.500. The van der Waals surface area contributed by atoms with Crippen LogP contribution in [0.1, 0.15) is 47.2 Å². The first-order chi connectivity index (χ1) is 7.88. The maximum absolute atomic E-state index is 4.15. The molecule has 2 nitrogen and oxygen atoms in total. The number of rotatable bonds is 0. The second kappa shape index (κ2) is 11.8. The summed E-state index contributed by atoms with van der Waals surface area (Å²) in [5.41, 5.74) is 2.20. The Morgan fingerprint density at radius 3 is 2.00 bits per heavy atom. The summed E-state index contributed by atoms with van der Waals surface area (Å²) in [6.45, 7) is 14.0. The Hall–Kier alpha value is -1.31. The Balaban J connectivity index is 0. The number of nitrogens with one attached hydrogen (secondary N) is 1. The fourth-order valence-corrected chi connectivity index (χ4v) is 1.13. The van der Waals surface area contributed by atoms with E-state index in [0.717, 1.165) is 11.2 Å². The van der Waals surface area contributed by atoms with Gasteiger partial charge in [0, 0.05) is 17.8 Å². The number of fused-ring (bicyclic) bond motifs is 1. The van der Waals surface area contributed by atoms with Crippen molar-refractivity contribution in [1.82, 2.24) is 9.97 Å². The summed E-state index contributed by atoms with van der Waals surface area (Å²) in [6.07, 6.45) is 3.75. The molecule has 0 fully saturated rings. The molecule has 1 N–H and O–H groups in total. The van der Waals surface area contributed by atoms with Crippen molar-refractivity contribution in [2.24, 2.45) is 0 Å².